The third-order valence-corrected chi connectivity index (χ3v) is 5.18. The van der Waals surface area contributed by atoms with Crippen LogP contribution in [-0.4, -0.2) is 42.3 Å². The summed E-state index contributed by atoms with van der Waals surface area (Å²) in [5, 5.41) is 13.8. The molecule has 162 valence electrons. The highest BCUT2D eigenvalue weighted by Crippen LogP contribution is 2.44. The second-order valence-electron chi connectivity index (χ2n) is 7.30. The van der Waals surface area contributed by atoms with Gasteiger partial charge in [0.25, 0.3) is 0 Å². The van der Waals surface area contributed by atoms with Crippen LogP contribution in [0.2, 0.25) is 0 Å². The fourth-order valence-electron chi connectivity index (χ4n) is 3.78. The zero-order valence-electron chi connectivity index (χ0n) is 17.3. The molecule has 0 saturated carbocycles. The van der Waals surface area contributed by atoms with E-state index in [2.05, 4.69) is 22.8 Å². The van der Waals surface area contributed by atoms with Crippen molar-refractivity contribution in [2.45, 2.75) is 31.7 Å². The van der Waals surface area contributed by atoms with Gasteiger partial charge in [-0.25, -0.2) is 9.59 Å². The molecule has 3 rings (SSSR count). The Morgan fingerprint density at radius 2 is 1.68 bits per heavy atom. The van der Waals surface area contributed by atoms with Gasteiger partial charge in [-0.15, -0.1) is 0 Å². The summed E-state index contributed by atoms with van der Waals surface area (Å²) in [5.74, 6) is -1.53. The van der Waals surface area contributed by atoms with Crippen LogP contribution in [-0.2, 0) is 14.3 Å². The highest BCUT2D eigenvalue weighted by molar-refractivity contribution is 5.86. The summed E-state index contributed by atoms with van der Waals surface area (Å²) >= 11 is 0. The van der Waals surface area contributed by atoms with Crippen LogP contribution in [0.4, 0.5) is 4.79 Å². The van der Waals surface area contributed by atoms with Crippen LogP contribution in [0, 0.1) is 0 Å². The number of aliphatic carboxylic acids is 1. The molecular weight excluding hydrogens is 396 g/mol. The van der Waals surface area contributed by atoms with Gasteiger partial charge in [0.05, 0.1) is 0 Å². The summed E-state index contributed by atoms with van der Waals surface area (Å²) < 4.78 is 5.50. The van der Waals surface area contributed by atoms with Crippen LogP contribution in [0.25, 0.3) is 11.1 Å². The van der Waals surface area contributed by atoms with Crippen LogP contribution >= 0.6 is 0 Å². The van der Waals surface area contributed by atoms with E-state index in [4.69, 9.17) is 9.84 Å². The maximum atomic E-state index is 12.4. The Labute approximate surface area is 181 Å². The summed E-state index contributed by atoms with van der Waals surface area (Å²) in [5.41, 5.74) is 4.52. The number of carbonyl (C=O) groups excluding carboxylic acids is 2. The van der Waals surface area contributed by atoms with Crippen molar-refractivity contribution in [1.82, 2.24) is 10.6 Å². The number of benzene rings is 2. The first-order valence-electron chi connectivity index (χ1n) is 10.3. The molecule has 0 aliphatic heterocycles. The van der Waals surface area contributed by atoms with E-state index in [9.17, 15) is 14.4 Å². The normalized spacial score (nSPS) is 13.3. The summed E-state index contributed by atoms with van der Waals surface area (Å²) in [4.78, 5) is 35.3. The Hall–Kier alpha value is -3.61. The molecule has 31 heavy (non-hydrogen) atoms. The number of carboxylic acid groups (broad SMARTS) is 1. The standard InChI is InChI=1S/C24H26N2O5/c1-2-8-21(23(29)25-14-7-13-22(27)28)26-24(30)31-15-20-18-11-5-3-9-16(18)17-10-4-6-12-19(17)20/h3-7,9-13,20-21H,2,8,14-15H2,1H3,(H,25,29)(H,26,30)(H,27,28)/b13-7+/t21-/m0/s1. The molecule has 2 aromatic rings. The minimum Gasteiger partial charge on any atom is -0.478 e. The maximum Gasteiger partial charge on any atom is 0.407 e. The van der Waals surface area contributed by atoms with Gasteiger partial charge >= 0.3 is 12.1 Å². The summed E-state index contributed by atoms with van der Waals surface area (Å²) in [6.45, 7) is 2.14. The molecule has 1 aliphatic rings. The summed E-state index contributed by atoms with van der Waals surface area (Å²) in [6, 6.07) is 15.4. The molecule has 3 N–H and O–H groups in total. The van der Waals surface area contributed by atoms with E-state index < -0.39 is 18.1 Å². The number of hydrogen-bond donors (Lipinski definition) is 3. The van der Waals surface area contributed by atoms with Crippen molar-refractivity contribution in [3.05, 3.63) is 71.8 Å². The topological polar surface area (TPSA) is 105 Å². The van der Waals surface area contributed by atoms with Crippen molar-refractivity contribution in [2.75, 3.05) is 13.2 Å². The smallest absolute Gasteiger partial charge is 0.407 e. The highest BCUT2D eigenvalue weighted by Gasteiger charge is 2.29. The van der Waals surface area contributed by atoms with Crippen LogP contribution in [0.1, 0.15) is 36.8 Å². The molecule has 7 nitrogen and oxygen atoms in total. The van der Waals surface area contributed by atoms with E-state index in [-0.39, 0.29) is 25.0 Å². The Balaban J connectivity index is 1.59. The molecule has 0 unspecified atom stereocenters. The average molecular weight is 422 g/mol. The van der Waals surface area contributed by atoms with Crippen molar-refractivity contribution in [3.8, 4) is 11.1 Å². The van der Waals surface area contributed by atoms with Crippen LogP contribution in [0.3, 0.4) is 0 Å². The minimum atomic E-state index is -1.09. The molecule has 0 spiro atoms. The quantitative estimate of drug-likeness (QED) is 0.537. The molecule has 0 saturated heterocycles. The zero-order chi connectivity index (χ0) is 22.2. The number of nitrogens with one attached hydrogen (secondary N) is 2. The number of hydrogen-bond acceptors (Lipinski definition) is 4. The third kappa shape index (κ3) is 5.51. The molecule has 0 bridgehead atoms. The summed E-state index contributed by atoms with van der Waals surface area (Å²) in [6.07, 6.45) is 2.76. The average Bonchev–Trinajstić information content (AvgIpc) is 3.08. The van der Waals surface area contributed by atoms with Gasteiger partial charge in [0.2, 0.25) is 5.91 Å². The van der Waals surface area contributed by atoms with E-state index in [0.29, 0.717) is 12.8 Å². The van der Waals surface area contributed by atoms with Gasteiger partial charge in [-0.3, -0.25) is 4.79 Å². The Morgan fingerprint density at radius 3 is 2.26 bits per heavy atom. The molecule has 2 aromatic carbocycles. The van der Waals surface area contributed by atoms with Gasteiger partial charge in [0.15, 0.2) is 0 Å². The van der Waals surface area contributed by atoms with Crippen molar-refractivity contribution >= 4 is 18.0 Å². The predicted molar refractivity (Wildman–Crippen MR) is 117 cm³/mol. The Kier molecular flexibility index (Phi) is 7.43. The Bertz CT molecular complexity index is 940. The van der Waals surface area contributed by atoms with E-state index in [1.54, 1.807) is 0 Å². The number of carbonyl (C=O) groups is 3. The number of ether oxygens (including phenoxy) is 1. The molecular formula is C24H26N2O5. The first-order valence-corrected chi connectivity index (χ1v) is 10.3. The lowest BCUT2D eigenvalue weighted by molar-refractivity contribution is -0.131. The van der Waals surface area contributed by atoms with Gasteiger partial charge < -0.3 is 20.5 Å². The fourth-order valence-corrected chi connectivity index (χ4v) is 3.78. The van der Waals surface area contributed by atoms with Crippen LogP contribution < -0.4 is 10.6 Å². The lowest BCUT2D eigenvalue weighted by Gasteiger charge is -2.19. The molecule has 1 atom stereocenters. The number of carboxylic acids is 1. The minimum absolute atomic E-state index is 0.0576. The van der Waals surface area contributed by atoms with E-state index in [1.165, 1.54) is 6.08 Å². The van der Waals surface area contributed by atoms with Crippen molar-refractivity contribution in [3.63, 3.8) is 0 Å². The van der Waals surface area contributed by atoms with Crippen molar-refractivity contribution < 1.29 is 24.2 Å². The second-order valence-corrected chi connectivity index (χ2v) is 7.30. The lowest BCUT2D eigenvalue weighted by atomic mass is 9.98. The molecule has 0 radical (unpaired) electrons. The van der Waals surface area contributed by atoms with Gasteiger partial charge in [-0.05, 0) is 28.7 Å². The van der Waals surface area contributed by atoms with E-state index in [1.807, 2.05) is 43.3 Å². The van der Waals surface area contributed by atoms with Crippen molar-refractivity contribution in [1.29, 1.82) is 0 Å². The lowest BCUT2D eigenvalue weighted by Crippen LogP contribution is -2.47. The number of alkyl carbamates (subject to hydrolysis) is 1. The molecule has 0 aromatic heterocycles. The van der Waals surface area contributed by atoms with Crippen LogP contribution in [0.15, 0.2) is 60.7 Å². The van der Waals surface area contributed by atoms with E-state index >= 15 is 0 Å². The molecule has 0 heterocycles. The fraction of sp³-hybridized carbons (Fsp3) is 0.292. The first kappa shape index (κ1) is 22.1. The zero-order valence-corrected chi connectivity index (χ0v) is 17.3. The van der Waals surface area contributed by atoms with Gasteiger partial charge in [0.1, 0.15) is 12.6 Å². The summed E-state index contributed by atoms with van der Waals surface area (Å²) in [7, 11) is 0. The van der Waals surface area contributed by atoms with Gasteiger partial charge in [-0.2, -0.15) is 0 Å². The van der Waals surface area contributed by atoms with E-state index in [0.717, 1.165) is 28.3 Å². The Morgan fingerprint density at radius 1 is 1.06 bits per heavy atom. The third-order valence-electron chi connectivity index (χ3n) is 5.18. The SMILES string of the molecule is CCC[C@H](NC(=O)OCC1c2ccccc2-c2ccccc21)C(=O)NC/C=C/C(=O)O. The van der Waals surface area contributed by atoms with Gasteiger partial charge in [0, 0.05) is 18.5 Å². The molecule has 1 aliphatic carbocycles. The largest absolute Gasteiger partial charge is 0.478 e. The molecule has 2 amide bonds. The number of amides is 2. The second kappa shape index (κ2) is 10.4. The maximum absolute atomic E-state index is 12.4. The monoisotopic (exact) mass is 422 g/mol. The molecule has 0 fully saturated rings. The van der Waals surface area contributed by atoms with Crippen LogP contribution in [0.5, 0.6) is 0 Å². The number of fused-ring (bicyclic) bond motifs is 3. The highest BCUT2D eigenvalue weighted by atomic mass is 16.5. The molecule has 7 heteroatoms. The van der Waals surface area contributed by atoms with Gasteiger partial charge in [-0.1, -0.05) is 68.0 Å². The van der Waals surface area contributed by atoms with Crippen molar-refractivity contribution in [2.24, 2.45) is 0 Å². The first-order chi connectivity index (χ1) is 15.0. The number of rotatable bonds is 9. The predicted octanol–water partition coefficient (Wildman–Crippen LogP) is 3.45.